The summed E-state index contributed by atoms with van der Waals surface area (Å²) in [6.45, 7) is 0.659. The predicted octanol–water partition coefficient (Wildman–Crippen LogP) is 1.14. The summed E-state index contributed by atoms with van der Waals surface area (Å²) < 4.78 is 4.56. The molecular weight excluding hydrogens is 272 g/mol. The molecule has 1 saturated carbocycles. The summed E-state index contributed by atoms with van der Waals surface area (Å²) in [7, 11) is 1.39. The van der Waals surface area contributed by atoms with Gasteiger partial charge in [0, 0.05) is 24.9 Å². The number of carbonyl (C=O) groups excluding carboxylic acids is 3. The molecule has 0 aromatic heterocycles. The van der Waals surface area contributed by atoms with Crippen molar-refractivity contribution < 1.29 is 19.1 Å². The lowest BCUT2D eigenvalue weighted by molar-refractivity contribution is -0.140. The van der Waals surface area contributed by atoms with Crippen molar-refractivity contribution in [3.05, 3.63) is 0 Å². The number of nitrogens with one attached hydrogen (secondary N) is 2. The van der Waals surface area contributed by atoms with Crippen molar-refractivity contribution >= 4 is 18.3 Å². The van der Waals surface area contributed by atoms with Crippen molar-refractivity contribution in [2.75, 3.05) is 13.7 Å². The number of ether oxygens (including phenoxy) is 1. The molecule has 1 aliphatic carbocycles. The van der Waals surface area contributed by atoms with Gasteiger partial charge in [-0.25, -0.2) is 0 Å². The Morgan fingerprint density at radius 3 is 2.48 bits per heavy atom. The summed E-state index contributed by atoms with van der Waals surface area (Å²) in [4.78, 5) is 33.2. The Morgan fingerprint density at radius 2 is 1.86 bits per heavy atom. The van der Waals surface area contributed by atoms with Gasteiger partial charge in [-0.05, 0) is 38.5 Å². The highest BCUT2D eigenvalue weighted by atomic mass is 16.5. The van der Waals surface area contributed by atoms with Crippen LogP contribution in [-0.4, -0.2) is 38.0 Å². The number of esters is 1. The first-order chi connectivity index (χ1) is 10.2. The molecule has 2 amide bonds. The summed E-state index contributed by atoms with van der Waals surface area (Å²) in [5.41, 5.74) is 0. The summed E-state index contributed by atoms with van der Waals surface area (Å²) in [6, 6.07) is 0.227. The lowest BCUT2D eigenvalue weighted by Gasteiger charge is -2.27. The van der Waals surface area contributed by atoms with Gasteiger partial charge in [0.1, 0.15) is 0 Å². The van der Waals surface area contributed by atoms with Crippen molar-refractivity contribution in [2.45, 2.75) is 57.4 Å². The van der Waals surface area contributed by atoms with Gasteiger partial charge in [0.15, 0.2) is 0 Å². The van der Waals surface area contributed by atoms with Gasteiger partial charge in [0.05, 0.1) is 7.11 Å². The molecule has 0 bridgehead atoms. The van der Waals surface area contributed by atoms with E-state index in [1.807, 2.05) is 0 Å². The van der Waals surface area contributed by atoms with Crippen LogP contribution >= 0.6 is 0 Å². The molecule has 2 N–H and O–H groups in total. The monoisotopic (exact) mass is 298 g/mol. The number of unbranched alkanes of at least 4 members (excludes halogenated alkanes) is 2. The second kappa shape index (κ2) is 10.2. The first kappa shape index (κ1) is 17.5. The molecule has 1 aliphatic rings. The normalized spacial score (nSPS) is 21.4. The Hall–Kier alpha value is -1.59. The molecule has 120 valence electrons. The number of carbonyl (C=O) groups is 3. The smallest absolute Gasteiger partial charge is 0.305 e. The van der Waals surface area contributed by atoms with Gasteiger partial charge in [-0.2, -0.15) is 0 Å². The zero-order valence-corrected chi connectivity index (χ0v) is 12.7. The summed E-state index contributed by atoms with van der Waals surface area (Å²) in [5, 5.41) is 5.73. The van der Waals surface area contributed by atoms with E-state index in [-0.39, 0.29) is 23.8 Å². The number of methoxy groups -OCH3 is 1. The minimum Gasteiger partial charge on any atom is -0.469 e. The molecule has 0 saturated heterocycles. The average Bonchev–Trinajstić information content (AvgIpc) is 2.51. The van der Waals surface area contributed by atoms with Gasteiger partial charge < -0.3 is 15.4 Å². The van der Waals surface area contributed by atoms with E-state index in [9.17, 15) is 14.4 Å². The van der Waals surface area contributed by atoms with Gasteiger partial charge in [-0.3, -0.25) is 14.4 Å². The SMILES string of the molecule is COC(=O)CCCCCNC(=O)C1CCC(NC=O)CC1. The lowest BCUT2D eigenvalue weighted by Crippen LogP contribution is -2.38. The molecule has 0 atom stereocenters. The first-order valence-electron chi connectivity index (χ1n) is 7.71. The molecule has 0 aromatic carbocycles. The quantitative estimate of drug-likeness (QED) is 0.380. The fraction of sp³-hybridized carbons (Fsp3) is 0.800. The Bertz CT molecular complexity index is 339. The van der Waals surface area contributed by atoms with E-state index in [1.54, 1.807) is 0 Å². The third-order valence-electron chi connectivity index (χ3n) is 3.99. The standard InChI is InChI=1S/C15H26N2O4/c1-21-14(19)5-3-2-4-10-16-15(20)12-6-8-13(9-7-12)17-11-18/h11-13H,2-10H2,1H3,(H,16,20)(H,17,18). The maximum absolute atomic E-state index is 12.0. The summed E-state index contributed by atoms with van der Waals surface area (Å²) in [6.07, 6.45) is 7.17. The molecule has 21 heavy (non-hydrogen) atoms. The molecule has 0 unspecified atom stereocenters. The van der Waals surface area contributed by atoms with Crippen LogP contribution in [0, 0.1) is 5.92 Å². The third-order valence-corrected chi connectivity index (χ3v) is 3.99. The highest BCUT2D eigenvalue weighted by molar-refractivity contribution is 5.78. The van der Waals surface area contributed by atoms with Crippen LogP contribution in [0.2, 0.25) is 0 Å². The predicted molar refractivity (Wildman–Crippen MR) is 78.4 cm³/mol. The van der Waals surface area contributed by atoms with Crippen molar-refractivity contribution in [1.29, 1.82) is 0 Å². The van der Waals surface area contributed by atoms with Gasteiger partial charge >= 0.3 is 5.97 Å². The number of rotatable bonds is 9. The molecule has 6 nitrogen and oxygen atoms in total. The van der Waals surface area contributed by atoms with Crippen LogP contribution in [0.15, 0.2) is 0 Å². The molecule has 0 radical (unpaired) electrons. The zero-order chi connectivity index (χ0) is 15.5. The van der Waals surface area contributed by atoms with Gasteiger partial charge in [0.2, 0.25) is 12.3 Å². The minimum absolute atomic E-state index is 0.0739. The van der Waals surface area contributed by atoms with Crippen LogP contribution in [-0.2, 0) is 19.1 Å². The zero-order valence-electron chi connectivity index (χ0n) is 12.7. The molecule has 0 heterocycles. The van der Waals surface area contributed by atoms with E-state index in [2.05, 4.69) is 15.4 Å². The molecular formula is C15H26N2O4. The maximum atomic E-state index is 12.0. The minimum atomic E-state index is -0.181. The fourth-order valence-corrected chi connectivity index (χ4v) is 2.65. The highest BCUT2D eigenvalue weighted by Gasteiger charge is 2.25. The number of amides is 2. The lowest BCUT2D eigenvalue weighted by atomic mass is 9.85. The van der Waals surface area contributed by atoms with Gasteiger partial charge in [0.25, 0.3) is 0 Å². The molecule has 1 fully saturated rings. The van der Waals surface area contributed by atoms with Crippen molar-refractivity contribution in [1.82, 2.24) is 10.6 Å². The van der Waals surface area contributed by atoms with E-state index in [1.165, 1.54) is 7.11 Å². The maximum Gasteiger partial charge on any atom is 0.305 e. The van der Waals surface area contributed by atoms with Crippen molar-refractivity contribution in [3.8, 4) is 0 Å². The second-order valence-electron chi connectivity index (χ2n) is 5.51. The van der Waals surface area contributed by atoms with E-state index in [0.29, 0.717) is 13.0 Å². The Kier molecular flexibility index (Phi) is 8.47. The van der Waals surface area contributed by atoms with E-state index >= 15 is 0 Å². The van der Waals surface area contributed by atoms with Crippen LogP contribution in [0.4, 0.5) is 0 Å². The van der Waals surface area contributed by atoms with Crippen LogP contribution in [0.3, 0.4) is 0 Å². The van der Waals surface area contributed by atoms with Crippen LogP contribution in [0.5, 0.6) is 0 Å². The summed E-state index contributed by atoms with van der Waals surface area (Å²) >= 11 is 0. The Morgan fingerprint density at radius 1 is 1.14 bits per heavy atom. The van der Waals surface area contributed by atoms with E-state index < -0.39 is 0 Å². The molecule has 0 aromatic rings. The van der Waals surface area contributed by atoms with Crippen molar-refractivity contribution in [3.63, 3.8) is 0 Å². The largest absolute Gasteiger partial charge is 0.469 e. The first-order valence-corrected chi connectivity index (χ1v) is 7.71. The fourth-order valence-electron chi connectivity index (χ4n) is 2.65. The molecule has 6 heteroatoms. The van der Waals surface area contributed by atoms with Crippen LogP contribution in [0.1, 0.15) is 51.4 Å². The number of hydrogen-bond donors (Lipinski definition) is 2. The van der Waals surface area contributed by atoms with Crippen LogP contribution < -0.4 is 10.6 Å². The molecule has 1 rings (SSSR count). The van der Waals surface area contributed by atoms with Gasteiger partial charge in [-0.15, -0.1) is 0 Å². The average molecular weight is 298 g/mol. The third kappa shape index (κ3) is 7.11. The Labute approximate surface area is 126 Å². The highest BCUT2D eigenvalue weighted by Crippen LogP contribution is 2.24. The van der Waals surface area contributed by atoms with Gasteiger partial charge in [-0.1, -0.05) is 6.42 Å². The number of hydrogen-bond acceptors (Lipinski definition) is 4. The van der Waals surface area contributed by atoms with E-state index in [4.69, 9.17) is 0 Å². The van der Waals surface area contributed by atoms with Crippen molar-refractivity contribution in [2.24, 2.45) is 5.92 Å². The molecule has 0 spiro atoms. The summed E-state index contributed by atoms with van der Waals surface area (Å²) in [5.74, 6) is 0.0111. The Balaban J connectivity index is 2.04. The van der Waals surface area contributed by atoms with Crippen LogP contribution in [0.25, 0.3) is 0 Å². The molecule has 0 aliphatic heterocycles. The van der Waals surface area contributed by atoms with E-state index in [0.717, 1.165) is 51.4 Å². The topological polar surface area (TPSA) is 84.5 Å². The second-order valence-corrected chi connectivity index (χ2v) is 5.51.